The van der Waals surface area contributed by atoms with Gasteiger partial charge in [-0.3, -0.25) is 4.79 Å². The molecule has 0 bridgehead atoms. The largest absolute Gasteiger partial charge is 0.362 e. The second-order valence-corrected chi connectivity index (χ2v) is 5.49. The second-order valence-electron chi connectivity index (χ2n) is 5.49. The summed E-state index contributed by atoms with van der Waals surface area (Å²) in [6.07, 6.45) is 5.01. The Balaban J connectivity index is 1.93. The zero-order chi connectivity index (χ0) is 15.7. The first-order chi connectivity index (χ1) is 10.6. The van der Waals surface area contributed by atoms with E-state index in [1.807, 2.05) is 11.5 Å². The summed E-state index contributed by atoms with van der Waals surface area (Å²) >= 11 is 0. The molecule has 0 radical (unpaired) electrons. The van der Waals surface area contributed by atoms with Crippen molar-refractivity contribution < 1.29 is 0 Å². The number of fused-ring (bicyclic) bond motifs is 1. The molecule has 7 nitrogen and oxygen atoms in total. The molecule has 0 aliphatic rings. The summed E-state index contributed by atoms with van der Waals surface area (Å²) in [6.45, 7) is 6.17. The number of rotatable bonds is 4. The van der Waals surface area contributed by atoms with Gasteiger partial charge >= 0.3 is 0 Å². The molecule has 0 amide bonds. The van der Waals surface area contributed by atoms with Crippen molar-refractivity contribution in [2.45, 2.75) is 32.9 Å². The molecule has 0 fully saturated rings. The van der Waals surface area contributed by atoms with Gasteiger partial charge in [-0.05, 0) is 26.3 Å². The van der Waals surface area contributed by atoms with E-state index in [9.17, 15) is 4.79 Å². The number of hydrogen-bond donors (Lipinski definition) is 2. The highest BCUT2D eigenvalue weighted by Gasteiger charge is 2.14. The van der Waals surface area contributed by atoms with Crippen LogP contribution in [0.3, 0.4) is 0 Å². The SMILES string of the molecule is CC(Nc1ncnc2c1ncn2C(C)C)c1ccc(=O)[nH]c1. The van der Waals surface area contributed by atoms with E-state index in [0.29, 0.717) is 5.82 Å². The van der Waals surface area contributed by atoms with Gasteiger partial charge in [-0.1, -0.05) is 6.07 Å². The number of hydrogen-bond acceptors (Lipinski definition) is 5. The summed E-state index contributed by atoms with van der Waals surface area (Å²) in [4.78, 5) is 26.8. The third-order valence-corrected chi connectivity index (χ3v) is 3.58. The number of aromatic nitrogens is 5. The number of aromatic amines is 1. The molecule has 1 unspecified atom stereocenters. The fourth-order valence-corrected chi connectivity index (χ4v) is 2.32. The van der Waals surface area contributed by atoms with Crippen molar-refractivity contribution in [1.82, 2.24) is 24.5 Å². The number of anilines is 1. The van der Waals surface area contributed by atoms with E-state index >= 15 is 0 Å². The average molecular weight is 298 g/mol. The third kappa shape index (κ3) is 2.57. The van der Waals surface area contributed by atoms with Gasteiger partial charge in [0.2, 0.25) is 5.56 Å². The van der Waals surface area contributed by atoms with E-state index in [1.54, 1.807) is 18.6 Å². The Morgan fingerprint density at radius 3 is 2.68 bits per heavy atom. The Morgan fingerprint density at radius 1 is 1.18 bits per heavy atom. The Morgan fingerprint density at radius 2 is 2.00 bits per heavy atom. The predicted molar refractivity (Wildman–Crippen MR) is 84.8 cm³/mol. The standard InChI is InChI=1S/C15H18N6O/c1-9(2)21-8-19-13-14(17-7-18-15(13)21)20-10(3)11-4-5-12(22)16-6-11/h4-10H,1-3H3,(H,16,22)(H,17,18,20). The van der Waals surface area contributed by atoms with E-state index in [1.165, 1.54) is 12.4 Å². The monoisotopic (exact) mass is 298 g/mol. The van der Waals surface area contributed by atoms with Gasteiger partial charge in [0.05, 0.1) is 12.4 Å². The van der Waals surface area contributed by atoms with Crippen molar-refractivity contribution in [3.63, 3.8) is 0 Å². The van der Waals surface area contributed by atoms with E-state index in [-0.39, 0.29) is 17.6 Å². The lowest BCUT2D eigenvalue weighted by Gasteiger charge is -2.15. The molecule has 3 heterocycles. The van der Waals surface area contributed by atoms with Gasteiger partial charge in [0.1, 0.15) is 11.8 Å². The summed E-state index contributed by atoms with van der Waals surface area (Å²) in [5, 5.41) is 3.32. The van der Waals surface area contributed by atoms with Crippen LogP contribution in [-0.4, -0.2) is 24.5 Å². The number of pyridine rings is 1. The molecule has 0 saturated heterocycles. The van der Waals surface area contributed by atoms with Gasteiger partial charge in [-0.2, -0.15) is 0 Å². The van der Waals surface area contributed by atoms with Crippen molar-refractivity contribution in [3.8, 4) is 0 Å². The minimum absolute atomic E-state index is 0.0147. The zero-order valence-electron chi connectivity index (χ0n) is 12.7. The number of nitrogens with zero attached hydrogens (tertiary/aromatic N) is 4. The molecule has 3 rings (SSSR count). The highest BCUT2D eigenvalue weighted by atomic mass is 16.1. The molecule has 0 saturated carbocycles. The molecule has 7 heteroatoms. The maximum atomic E-state index is 11.1. The van der Waals surface area contributed by atoms with Crippen molar-refractivity contribution >= 4 is 17.0 Å². The van der Waals surface area contributed by atoms with Gasteiger partial charge in [0.15, 0.2) is 11.5 Å². The second kappa shape index (κ2) is 5.59. The predicted octanol–water partition coefficient (Wildman–Crippen LogP) is 2.27. The quantitative estimate of drug-likeness (QED) is 0.771. The van der Waals surface area contributed by atoms with Crippen LogP contribution in [0.25, 0.3) is 11.2 Å². The topological polar surface area (TPSA) is 88.5 Å². The summed E-state index contributed by atoms with van der Waals surface area (Å²) in [7, 11) is 0. The summed E-state index contributed by atoms with van der Waals surface area (Å²) < 4.78 is 2.01. The van der Waals surface area contributed by atoms with Crippen LogP contribution in [0.4, 0.5) is 5.82 Å². The molecule has 0 aliphatic heterocycles. The van der Waals surface area contributed by atoms with Crippen molar-refractivity contribution in [2.24, 2.45) is 0 Å². The first-order valence-corrected chi connectivity index (χ1v) is 7.19. The van der Waals surface area contributed by atoms with E-state index in [4.69, 9.17) is 0 Å². The molecule has 1 atom stereocenters. The van der Waals surface area contributed by atoms with Crippen LogP contribution in [0.1, 0.15) is 38.4 Å². The van der Waals surface area contributed by atoms with E-state index < -0.39 is 0 Å². The van der Waals surface area contributed by atoms with Crippen molar-refractivity contribution in [1.29, 1.82) is 0 Å². The molecule has 22 heavy (non-hydrogen) atoms. The third-order valence-electron chi connectivity index (χ3n) is 3.58. The van der Waals surface area contributed by atoms with E-state index in [2.05, 4.69) is 39.1 Å². The minimum Gasteiger partial charge on any atom is -0.362 e. The van der Waals surface area contributed by atoms with Crippen molar-refractivity contribution in [2.75, 3.05) is 5.32 Å². The minimum atomic E-state index is -0.115. The molecule has 3 aromatic heterocycles. The smallest absolute Gasteiger partial charge is 0.247 e. The van der Waals surface area contributed by atoms with Crippen molar-refractivity contribution in [3.05, 3.63) is 46.9 Å². The first kappa shape index (κ1) is 14.2. The Kier molecular flexibility index (Phi) is 3.62. The number of H-pyrrole nitrogens is 1. The average Bonchev–Trinajstić information content (AvgIpc) is 2.93. The van der Waals surface area contributed by atoms with Gasteiger partial charge in [-0.25, -0.2) is 15.0 Å². The normalized spacial score (nSPS) is 12.7. The van der Waals surface area contributed by atoms with Crippen LogP contribution < -0.4 is 10.9 Å². The molecule has 2 N–H and O–H groups in total. The number of nitrogens with one attached hydrogen (secondary N) is 2. The van der Waals surface area contributed by atoms with Gasteiger partial charge in [0, 0.05) is 18.3 Å². The molecule has 0 spiro atoms. The lowest BCUT2D eigenvalue weighted by atomic mass is 10.1. The first-order valence-electron chi connectivity index (χ1n) is 7.19. The number of imidazole rings is 1. The molecule has 0 aliphatic carbocycles. The van der Waals surface area contributed by atoms with Gasteiger partial charge in [-0.15, -0.1) is 0 Å². The summed E-state index contributed by atoms with van der Waals surface area (Å²) in [5.74, 6) is 0.683. The lowest BCUT2D eigenvalue weighted by molar-refractivity contribution is 0.612. The molecule has 114 valence electrons. The maximum absolute atomic E-state index is 11.1. The van der Waals surface area contributed by atoms with Crippen LogP contribution in [0, 0.1) is 0 Å². The summed E-state index contributed by atoms with van der Waals surface area (Å²) in [6, 6.07) is 3.57. The zero-order valence-corrected chi connectivity index (χ0v) is 12.7. The van der Waals surface area contributed by atoms with Crippen LogP contribution >= 0.6 is 0 Å². The molecular formula is C15H18N6O. The molecule has 3 aromatic rings. The fraction of sp³-hybridized carbons (Fsp3) is 0.333. The van der Waals surface area contributed by atoms with Crippen LogP contribution in [-0.2, 0) is 0 Å². The fourth-order valence-electron chi connectivity index (χ4n) is 2.32. The Hall–Kier alpha value is -2.70. The lowest BCUT2D eigenvalue weighted by Crippen LogP contribution is -2.11. The Labute approximate surface area is 127 Å². The summed E-state index contributed by atoms with van der Waals surface area (Å²) in [5.41, 5.74) is 2.40. The van der Waals surface area contributed by atoms with Crippen LogP contribution in [0.2, 0.25) is 0 Å². The van der Waals surface area contributed by atoms with Gasteiger partial charge in [0.25, 0.3) is 0 Å². The van der Waals surface area contributed by atoms with Crippen LogP contribution in [0.15, 0.2) is 35.8 Å². The highest BCUT2D eigenvalue weighted by Crippen LogP contribution is 2.23. The van der Waals surface area contributed by atoms with E-state index in [0.717, 1.165) is 16.7 Å². The maximum Gasteiger partial charge on any atom is 0.247 e. The molecule has 0 aromatic carbocycles. The Bertz CT molecular complexity index is 830. The van der Waals surface area contributed by atoms with Crippen LogP contribution in [0.5, 0.6) is 0 Å². The molecular weight excluding hydrogens is 280 g/mol. The van der Waals surface area contributed by atoms with Gasteiger partial charge < -0.3 is 14.9 Å². The highest BCUT2D eigenvalue weighted by molar-refractivity contribution is 5.82.